The summed E-state index contributed by atoms with van der Waals surface area (Å²) in [5.74, 6) is 0.916. The highest BCUT2D eigenvalue weighted by Crippen LogP contribution is 2.29. The number of benzene rings is 1. The summed E-state index contributed by atoms with van der Waals surface area (Å²) in [6.45, 7) is 8.21. The zero-order valence-electron chi connectivity index (χ0n) is 13.8. The highest BCUT2D eigenvalue weighted by atomic mass is 16.5. The van der Waals surface area contributed by atoms with Crippen molar-refractivity contribution in [3.05, 3.63) is 34.7 Å². The van der Waals surface area contributed by atoms with Gasteiger partial charge in [-0.05, 0) is 31.5 Å². The summed E-state index contributed by atoms with van der Waals surface area (Å²) < 4.78 is 5.89. The standard InChI is InChI=1S/C16H25N5O2/c1-13(2)23-16-6-4-3-5-15(16)21-9-7-20(8-10-21)12-14(22)11-18-19-17/h3-6,13-14,22H,7-12H2,1-2H3/t14-/m0/s1. The Hall–Kier alpha value is -1.95. The van der Waals surface area contributed by atoms with E-state index in [4.69, 9.17) is 10.3 Å². The van der Waals surface area contributed by atoms with Gasteiger partial charge in [0.25, 0.3) is 0 Å². The van der Waals surface area contributed by atoms with Crippen molar-refractivity contribution in [2.75, 3.05) is 44.2 Å². The van der Waals surface area contributed by atoms with Crippen LogP contribution in [-0.4, -0.2) is 61.5 Å². The number of aliphatic hydroxyl groups is 1. The molecular weight excluding hydrogens is 294 g/mol. The molecule has 1 aliphatic rings. The molecule has 0 unspecified atom stereocenters. The first-order valence-corrected chi connectivity index (χ1v) is 8.02. The SMILES string of the molecule is CC(C)Oc1ccccc1N1CCN(C[C@@H](O)CN=[N+]=[N-])CC1. The van der Waals surface area contributed by atoms with Gasteiger partial charge in [-0.1, -0.05) is 17.2 Å². The Labute approximate surface area is 137 Å². The van der Waals surface area contributed by atoms with Crippen LogP contribution in [0.3, 0.4) is 0 Å². The minimum Gasteiger partial charge on any atom is -0.489 e. The zero-order chi connectivity index (χ0) is 16.7. The van der Waals surface area contributed by atoms with E-state index >= 15 is 0 Å². The average Bonchev–Trinajstić information content (AvgIpc) is 2.54. The van der Waals surface area contributed by atoms with Crippen molar-refractivity contribution in [1.82, 2.24) is 4.90 Å². The molecule has 126 valence electrons. The molecule has 1 aliphatic heterocycles. The fourth-order valence-electron chi connectivity index (χ4n) is 2.73. The maximum absolute atomic E-state index is 9.82. The summed E-state index contributed by atoms with van der Waals surface area (Å²) in [4.78, 5) is 7.19. The number of aliphatic hydroxyl groups excluding tert-OH is 1. The van der Waals surface area contributed by atoms with Crippen molar-refractivity contribution in [3.63, 3.8) is 0 Å². The number of hydrogen-bond acceptors (Lipinski definition) is 5. The molecule has 0 spiro atoms. The Morgan fingerprint density at radius 2 is 1.96 bits per heavy atom. The third-order valence-electron chi connectivity index (χ3n) is 3.77. The summed E-state index contributed by atoms with van der Waals surface area (Å²) in [6.07, 6.45) is -0.456. The largest absolute Gasteiger partial charge is 0.489 e. The van der Waals surface area contributed by atoms with E-state index in [0.717, 1.165) is 37.6 Å². The molecule has 1 aromatic rings. The molecule has 7 nitrogen and oxygen atoms in total. The molecule has 0 saturated carbocycles. The Bertz CT molecular complexity index is 537. The summed E-state index contributed by atoms with van der Waals surface area (Å²) in [5, 5.41) is 13.2. The number of anilines is 1. The molecule has 1 fully saturated rings. The monoisotopic (exact) mass is 319 g/mol. The Morgan fingerprint density at radius 3 is 2.61 bits per heavy atom. The van der Waals surface area contributed by atoms with Crippen LogP contribution in [0.4, 0.5) is 5.69 Å². The normalized spacial score (nSPS) is 17.0. The van der Waals surface area contributed by atoms with Crippen LogP contribution in [0.15, 0.2) is 29.4 Å². The maximum Gasteiger partial charge on any atom is 0.142 e. The minimum atomic E-state index is -0.603. The summed E-state index contributed by atoms with van der Waals surface area (Å²) in [6, 6.07) is 8.11. The van der Waals surface area contributed by atoms with Crippen LogP contribution in [0, 0.1) is 0 Å². The molecule has 23 heavy (non-hydrogen) atoms. The lowest BCUT2D eigenvalue weighted by atomic mass is 10.2. The molecular formula is C16H25N5O2. The first-order chi connectivity index (χ1) is 11.1. The molecule has 0 bridgehead atoms. The molecule has 2 rings (SSSR count). The van der Waals surface area contributed by atoms with Gasteiger partial charge >= 0.3 is 0 Å². The first-order valence-electron chi connectivity index (χ1n) is 8.02. The van der Waals surface area contributed by atoms with Crippen LogP contribution in [0.2, 0.25) is 0 Å². The molecule has 0 amide bonds. The third-order valence-corrected chi connectivity index (χ3v) is 3.77. The van der Waals surface area contributed by atoms with Gasteiger partial charge in [-0.15, -0.1) is 0 Å². The van der Waals surface area contributed by atoms with E-state index in [1.54, 1.807) is 0 Å². The molecule has 1 saturated heterocycles. The molecule has 7 heteroatoms. The molecule has 0 radical (unpaired) electrons. The molecule has 0 aromatic heterocycles. The quantitative estimate of drug-likeness (QED) is 0.474. The van der Waals surface area contributed by atoms with Gasteiger partial charge in [0.15, 0.2) is 0 Å². The number of nitrogens with zero attached hydrogens (tertiary/aromatic N) is 5. The van der Waals surface area contributed by atoms with Gasteiger partial charge in [-0.2, -0.15) is 0 Å². The third kappa shape index (κ3) is 5.32. The van der Waals surface area contributed by atoms with Gasteiger partial charge in [0.2, 0.25) is 0 Å². The summed E-state index contributed by atoms with van der Waals surface area (Å²) in [5.41, 5.74) is 9.41. The smallest absolute Gasteiger partial charge is 0.142 e. The fraction of sp³-hybridized carbons (Fsp3) is 0.625. The van der Waals surface area contributed by atoms with Crippen molar-refractivity contribution in [1.29, 1.82) is 0 Å². The van der Waals surface area contributed by atoms with Gasteiger partial charge in [-0.3, -0.25) is 4.90 Å². The van der Waals surface area contributed by atoms with Crippen LogP contribution >= 0.6 is 0 Å². The van der Waals surface area contributed by atoms with E-state index in [1.165, 1.54) is 0 Å². The van der Waals surface area contributed by atoms with Crippen molar-refractivity contribution in [2.45, 2.75) is 26.1 Å². The van der Waals surface area contributed by atoms with Gasteiger partial charge in [-0.25, -0.2) is 0 Å². The predicted octanol–water partition coefficient (Wildman–Crippen LogP) is 2.27. The van der Waals surface area contributed by atoms with Gasteiger partial charge in [0, 0.05) is 37.6 Å². The number of piperazine rings is 1. The molecule has 0 aliphatic carbocycles. The van der Waals surface area contributed by atoms with E-state index in [1.807, 2.05) is 32.0 Å². The second-order valence-electron chi connectivity index (χ2n) is 5.99. The number of azide groups is 1. The van der Waals surface area contributed by atoms with E-state index in [0.29, 0.717) is 6.54 Å². The summed E-state index contributed by atoms with van der Waals surface area (Å²) >= 11 is 0. The fourth-order valence-corrected chi connectivity index (χ4v) is 2.73. The highest BCUT2D eigenvalue weighted by Gasteiger charge is 2.21. The lowest BCUT2D eigenvalue weighted by Crippen LogP contribution is -2.49. The van der Waals surface area contributed by atoms with Crippen LogP contribution in [0.5, 0.6) is 5.75 Å². The van der Waals surface area contributed by atoms with Crippen molar-refractivity contribution in [3.8, 4) is 5.75 Å². The maximum atomic E-state index is 9.82. The number of para-hydroxylation sites is 2. The van der Waals surface area contributed by atoms with E-state index in [-0.39, 0.29) is 12.6 Å². The number of hydrogen-bond donors (Lipinski definition) is 1. The van der Waals surface area contributed by atoms with Gasteiger partial charge in [0.05, 0.1) is 24.4 Å². The minimum absolute atomic E-state index is 0.127. The lowest BCUT2D eigenvalue weighted by molar-refractivity contribution is 0.115. The molecule has 1 N–H and O–H groups in total. The highest BCUT2D eigenvalue weighted by molar-refractivity contribution is 5.58. The second kappa shape index (κ2) is 8.62. The van der Waals surface area contributed by atoms with E-state index < -0.39 is 6.10 Å². The van der Waals surface area contributed by atoms with Crippen LogP contribution in [0.25, 0.3) is 10.4 Å². The lowest BCUT2D eigenvalue weighted by Gasteiger charge is -2.37. The Morgan fingerprint density at radius 1 is 1.26 bits per heavy atom. The van der Waals surface area contributed by atoms with E-state index in [2.05, 4.69) is 25.9 Å². The molecule has 1 atom stereocenters. The van der Waals surface area contributed by atoms with Crippen molar-refractivity contribution < 1.29 is 9.84 Å². The number of rotatable bonds is 7. The average molecular weight is 319 g/mol. The summed E-state index contributed by atoms with van der Waals surface area (Å²) in [7, 11) is 0. The second-order valence-corrected chi connectivity index (χ2v) is 5.99. The predicted molar refractivity (Wildman–Crippen MR) is 90.9 cm³/mol. The van der Waals surface area contributed by atoms with Crippen LogP contribution in [0.1, 0.15) is 13.8 Å². The Kier molecular flexibility index (Phi) is 6.52. The zero-order valence-corrected chi connectivity index (χ0v) is 13.8. The first kappa shape index (κ1) is 17.4. The van der Waals surface area contributed by atoms with Crippen molar-refractivity contribution in [2.24, 2.45) is 5.11 Å². The van der Waals surface area contributed by atoms with Crippen LogP contribution < -0.4 is 9.64 Å². The molecule has 1 heterocycles. The van der Waals surface area contributed by atoms with Crippen molar-refractivity contribution >= 4 is 5.69 Å². The molecule has 1 aromatic carbocycles. The van der Waals surface area contributed by atoms with Gasteiger partial charge in [0.1, 0.15) is 5.75 Å². The van der Waals surface area contributed by atoms with Gasteiger partial charge < -0.3 is 14.7 Å². The number of β-amino-alcohol motifs (C(OH)–C–C–N with tert-alkyl or cyclic N) is 1. The van der Waals surface area contributed by atoms with E-state index in [9.17, 15) is 5.11 Å². The van der Waals surface area contributed by atoms with Crippen LogP contribution in [-0.2, 0) is 0 Å². The number of ether oxygens (including phenoxy) is 1. The topological polar surface area (TPSA) is 84.7 Å². The Balaban J connectivity index is 1.90.